The molecule has 1 amide bonds. The first-order valence-electron chi connectivity index (χ1n) is 7.07. The lowest BCUT2D eigenvalue weighted by atomic mass is 10.1. The third-order valence-corrected chi connectivity index (χ3v) is 3.41. The molecule has 1 heterocycles. The van der Waals surface area contributed by atoms with Gasteiger partial charge in [0.05, 0.1) is 12.2 Å². The summed E-state index contributed by atoms with van der Waals surface area (Å²) in [6, 6.07) is 7.47. The second-order valence-electron chi connectivity index (χ2n) is 5.10. The highest BCUT2D eigenvalue weighted by atomic mass is 16.5. The Balaban J connectivity index is 1.82. The van der Waals surface area contributed by atoms with Crippen molar-refractivity contribution in [2.45, 2.75) is 32.0 Å². The predicted molar refractivity (Wildman–Crippen MR) is 81.0 cm³/mol. The van der Waals surface area contributed by atoms with Crippen LogP contribution in [0.2, 0.25) is 0 Å². The fourth-order valence-electron chi connectivity index (χ4n) is 2.27. The van der Waals surface area contributed by atoms with Crippen LogP contribution in [0.3, 0.4) is 0 Å². The molecule has 0 radical (unpaired) electrons. The van der Waals surface area contributed by atoms with Crippen LogP contribution in [0.25, 0.3) is 0 Å². The first kappa shape index (κ1) is 14.6. The third-order valence-electron chi connectivity index (χ3n) is 3.41. The number of rotatable bonds is 6. The normalized spacial score (nSPS) is 21.4. The third kappa shape index (κ3) is 4.10. The average molecular weight is 274 g/mol. The van der Waals surface area contributed by atoms with E-state index >= 15 is 0 Å². The van der Waals surface area contributed by atoms with Gasteiger partial charge in [-0.3, -0.25) is 4.79 Å². The van der Waals surface area contributed by atoms with E-state index in [9.17, 15) is 4.79 Å². The number of ether oxygens (including phenoxy) is 1. The van der Waals surface area contributed by atoms with Gasteiger partial charge < -0.3 is 15.4 Å². The quantitative estimate of drug-likeness (QED) is 0.784. The van der Waals surface area contributed by atoms with Crippen molar-refractivity contribution in [1.82, 2.24) is 5.32 Å². The highest BCUT2D eigenvalue weighted by Crippen LogP contribution is 2.19. The lowest BCUT2D eigenvalue weighted by molar-refractivity contribution is 0.0637. The summed E-state index contributed by atoms with van der Waals surface area (Å²) in [6.45, 7) is 6.97. The number of hydrogen-bond acceptors (Lipinski definition) is 3. The fourth-order valence-corrected chi connectivity index (χ4v) is 2.27. The first-order chi connectivity index (χ1) is 9.69. The Kier molecular flexibility index (Phi) is 5.18. The van der Waals surface area contributed by atoms with Crippen LogP contribution in [-0.2, 0) is 4.74 Å². The molecule has 1 aromatic carbocycles. The summed E-state index contributed by atoms with van der Waals surface area (Å²) in [5, 5.41) is 6.10. The minimum atomic E-state index is -0.0793. The molecular formula is C16H22N2O2. The molecule has 4 heteroatoms. The zero-order valence-corrected chi connectivity index (χ0v) is 11.9. The van der Waals surface area contributed by atoms with E-state index in [1.165, 1.54) is 0 Å². The van der Waals surface area contributed by atoms with Crippen LogP contribution in [0.4, 0.5) is 5.69 Å². The van der Waals surface area contributed by atoms with Gasteiger partial charge in [0, 0.05) is 24.3 Å². The maximum absolute atomic E-state index is 11.7. The molecule has 2 atom stereocenters. The van der Waals surface area contributed by atoms with Crippen molar-refractivity contribution in [2.75, 3.05) is 18.4 Å². The minimum Gasteiger partial charge on any atom is -0.382 e. The Morgan fingerprint density at radius 1 is 1.40 bits per heavy atom. The molecule has 108 valence electrons. The van der Waals surface area contributed by atoms with Gasteiger partial charge in [0.1, 0.15) is 0 Å². The van der Waals surface area contributed by atoms with E-state index in [0.29, 0.717) is 24.3 Å². The van der Waals surface area contributed by atoms with Gasteiger partial charge in [-0.05, 0) is 44.0 Å². The smallest absolute Gasteiger partial charge is 0.251 e. The van der Waals surface area contributed by atoms with E-state index in [1.807, 2.05) is 24.3 Å². The van der Waals surface area contributed by atoms with Gasteiger partial charge in [-0.15, -0.1) is 6.58 Å². The van der Waals surface area contributed by atoms with E-state index in [0.717, 1.165) is 25.1 Å². The molecule has 4 nitrogen and oxygen atoms in total. The van der Waals surface area contributed by atoms with Crippen molar-refractivity contribution in [2.24, 2.45) is 0 Å². The van der Waals surface area contributed by atoms with Gasteiger partial charge in [-0.1, -0.05) is 6.08 Å². The number of anilines is 1. The van der Waals surface area contributed by atoms with Gasteiger partial charge in [0.2, 0.25) is 0 Å². The number of hydrogen-bond donors (Lipinski definition) is 2. The summed E-state index contributed by atoms with van der Waals surface area (Å²) in [5.74, 6) is -0.0793. The van der Waals surface area contributed by atoms with E-state index < -0.39 is 0 Å². The molecule has 0 saturated carbocycles. The monoisotopic (exact) mass is 274 g/mol. The Labute approximate surface area is 120 Å². The fraction of sp³-hybridized carbons (Fsp3) is 0.438. The van der Waals surface area contributed by atoms with Crippen LogP contribution in [0.1, 0.15) is 30.1 Å². The molecule has 1 saturated heterocycles. The standard InChI is InChI=1S/C16H22N2O2/c1-3-10-17-16(19)13-5-7-14(8-6-13)18-11-15-9-4-12(2)20-15/h3,5-8,12,15,18H,1,4,9-11H2,2H3,(H,17,19). The Bertz CT molecular complexity index is 456. The second-order valence-corrected chi connectivity index (χ2v) is 5.10. The summed E-state index contributed by atoms with van der Waals surface area (Å²) in [7, 11) is 0. The lowest BCUT2D eigenvalue weighted by Gasteiger charge is -2.13. The van der Waals surface area contributed by atoms with Crippen LogP contribution < -0.4 is 10.6 Å². The van der Waals surface area contributed by atoms with Gasteiger partial charge >= 0.3 is 0 Å². The number of carbonyl (C=O) groups excluding carboxylic acids is 1. The highest BCUT2D eigenvalue weighted by molar-refractivity contribution is 5.94. The molecule has 2 rings (SSSR count). The van der Waals surface area contributed by atoms with Gasteiger partial charge in [0.15, 0.2) is 0 Å². The molecule has 1 aliphatic rings. The summed E-state index contributed by atoms with van der Waals surface area (Å²) >= 11 is 0. The van der Waals surface area contributed by atoms with Crippen LogP contribution in [-0.4, -0.2) is 31.2 Å². The maximum Gasteiger partial charge on any atom is 0.251 e. The summed E-state index contributed by atoms with van der Waals surface area (Å²) in [6.07, 6.45) is 4.57. The van der Waals surface area contributed by atoms with Crippen LogP contribution >= 0.6 is 0 Å². The Hall–Kier alpha value is -1.81. The highest BCUT2D eigenvalue weighted by Gasteiger charge is 2.21. The molecule has 2 N–H and O–H groups in total. The molecule has 0 spiro atoms. The van der Waals surface area contributed by atoms with E-state index in [4.69, 9.17) is 4.74 Å². The summed E-state index contributed by atoms with van der Waals surface area (Å²) in [5.41, 5.74) is 1.66. The van der Waals surface area contributed by atoms with Crippen molar-refractivity contribution in [3.63, 3.8) is 0 Å². The molecule has 0 bridgehead atoms. The Morgan fingerprint density at radius 3 is 2.75 bits per heavy atom. The first-order valence-corrected chi connectivity index (χ1v) is 7.07. The van der Waals surface area contributed by atoms with Crippen LogP contribution in [0.15, 0.2) is 36.9 Å². The number of amides is 1. The van der Waals surface area contributed by atoms with E-state index in [-0.39, 0.29) is 5.91 Å². The number of carbonyl (C=O) groups is 1. The molecular weight excluding hydrogens is 252 g/mol. The van der Waals surface area contributed by atoms with Gasteiger partial charge in [-0.25, -0.2) is 0 Å². The zero-order chi connectivity index (χ0) is 14.4. The van der Waals surface area contributed by atoms with Crippen molar-refractivity contribution < 1.29 is 9.53 Å². The van der Waals surface area contributed by atoms with Crippen molar-refractivity contribution >= 4 is 11.6 Å². The molecule has 1 aliphatic heterocycles. The number of benzene rings is 1. The Morgan fingerprint density at radius 2 is 2.15 bits per heavy atom. The zero-order valence-electron chi connectivity index (χ0n) is 11.9. The SMILES string of the molecule is C=CCNC(=O)c1ccc(NCC2CCC(C)O2)cc1. The average Bonchev–Trinajstić information content (AvgIpc) is 2.89. The molecule has 0 aliphatic carbocycles. The second kappa shape index (κ2) is 7.10. The van der Waals surface area contributed by atoms with Gasteiger partial charge in [-0.2, -0.15) is 0 Å². The predicted octanol–water partition coefficient (Wildman–Crippen LogP) is 2.58. The molecule has 1 aromatic rings. The van der Waals surface area contributed by atoms with Crippen molar-refractivity contribution in [3.05, 3.63) is 42.5 Å². The van der Waals surface area contributed by atoms with E-state index in [1.54, 1.807) is 6.08 Å². The summed E-state index contributed by atoms with van der Waals surface area (Å²) < 4.78 is 5.75. The maximum atomic E-state index is 11.7. The lowest BCUT2D eigenvalue weighted by Crippen LogP contribution is -2.23. The molecule has 20 heavy (non-hydrogen) atoms. The topological polar surface area (TPSA) is 50.4 Å². The minimum absolute atomic E-state index is 0.0793. The molecule has 2 unspecified atom stereocenters. The molecule has 1 fully saturated rings. The van der Waals surface area contributed by atoms with E-state index in [2.05, 4.69) is 24.1 Å². The summed E-state index contributed by atoms with van der Waals surface area (Å²) in [4.78, 5) is 11.7. The molecule has 0 aromatic heterocycles. The largest absolute Gasteiger partial charge is 0.382 e. The van der Waals surface area contributed by atoms with Crippen molar-refractivity contribution in [1.29, 1.82) is 0 Å². The van der Waals surface area contributed by atoms with Crippen LogP contribution in [0.5, 0.6) is 0 Å². The number of nitrogens with one attached hydrogen (secondary N) is 2. The van der Waals surface area contributed by atoms with Crippen molar-refractivity contribution in [3.8, 4) is 0 Å². The van der Waals surface area contributed by atoms with Gasteiger partial charge in [0.25, 0.3) is 5.91 Å². The van der Waals surface area contributed by atoms with Crippen LogP contribution in [0, 0.1) is 0 Å².